The van der Waals surface area contributed by atoms with Crippen LogP contribution in [-0.2, 0) is 0 Å². The van der Waals surface area contributed by atoms with E-state index >= 15 is 0 Å². The summed E-state index contributed by atoms with van der Waals surface area (Å²) in [5, 5.41) is 10.5. The van der Waals surface area contributed by atoms with E-state index in [0.717, 1.165) is 5.56 Å². The van der Waals surface area contributed by atoms with Gasteiger partial charge in [-0.05, 0) is 36.8 Å². The quantitative estimate of drug-likeness (QED) is 0.674. The van der Waals surface area contributed by atoms with E-state index in [1.54, 1.807) is 36.2 Å². The zero-order valence-electron chi connectivity index (χ0n) is 11.9. The number of phenols is 1. The number of hydrogen-bond acceptors (Lipinski definition) is 3. The fourth-order valence-corrected chi connectivity index (χ4v) is 2.29. The molecule has 0 spiro atoms. The second-order valence-corrected chi connectivity index (χ2v) is 5.33. The molecule has 110 valence electrons. The molecule has 3 N–H and O–H groups in total. The molecular formula is C16H17ClN2O2. The summed E-state index contributed by atoms with van der Waals surface area (Å²) in [4.78, 5) is 14.0. The molecule has 2 aromatic carbocycles. The second-order valence-electron chi connectivity index (χ2n) is 4.89. The molecule has 0 aliphatic carbocycles. The zero-order chi connectivity index (χ0) is 15.6. The number of carbonyl (C=O) groups is 1. The Morgan fingerprint density at radius 2 is 1.95 bits per heavy atom. The fourth-order valence-electron chi connectivity index (χ4n) is 2.09. The monoisotopic (exact) mass is 304 g/mol. The lowest BCUT2D eigenvalue weighted by molar-refractivity contribution is 0.0739. The van der Waals surface area contributed by atoms with Crippen molar-refractivity contribution in [2.45, 2.75) is 13.0 Å². The SMILES string of the molecule is CC(c1cccc(Cl)c1)N(C)C(=O)c1cccc(N)c1O. The molecule has 0 radical (unpaired) electrons. The maximum absolute atomic E-state index is 12.5. The number of phenolic OH excluding ortho intramolecular Hbond substituents is 1. The van der Waals surface area contributed by atoms with Gasteiger partial charge in [0.25, 0.3) is 5.91 Å². The Morgan fingerprint density at radius 3 is 2.62 bits per heavy atom. The number of rotatable bonds is 3. The van der Waals surface area contributed by atoms with E-state index in [9.17, 15) is 9.90 Å². The molecule has 1 unspecified atom stereocenters. The average Bonchev–Trinajstić information content (AvgIpc) is 2.48. The van der Waals surface area contributed by atoms with Gasteiger partial charge in [0.1, 0.15) is 0 Å². The van der Waals surface area contributed by atoms with Crippen molar-refractivity contribution in [3.63, 3.8) is 0 Å². The van der Waals surface area contributed by atoms with Gasteiger partial charge in [0.05, 0.1) is 17.3 Å². The predicted octanol–water partition coefficient (Wildman–Crippen LogP) is 3.46. The molecule has 4 nitrogen and oxygen atoms in total. The molecule has 5 heteroatoms. The van der Waals surface area contributed by atoms with E-state index in [1.807, 2.05) is 25.1 Å². The molecule has 2 rings (SSSR count). The van der Waals surface area contributed by atoms with Crippen LogP contribution in [0.1, 0.15) is 28.9 Å². The number of amides is 1. The van der Waals surface area contributed by atoms with E-state index in [2.05, 4.69) is 0 Å². The number of benzene rings is 2. The Bertz CT molecular complexity index is 673. The number of anilines is 1. The summed E-state index contributed by atoms with van der Waals surface area (Å²) in [6, 6.07) is 11.9. The second kappa shape index (κ2) is 6.06. The molecule has 1 atom stereocenters. The van der Waals surface area contributed by atoms with Gasteiger partial charge in [-0.25, -0.2) is 0 Å². The number of aromatic hydroxyl groups is 1. The van der Waals surface area contributed by atoms with E-state index in [-0.39, 0.29) is 28.9 Å². The third-order valence-corrected chi connectivity index (χ3v) is 3.77. The molecule has 0 bridgehead atoms. The maximum atomic E-state index is 12.5. The fraction of sp³-hybridized carbons (Fsp3) is 0.188. The molecule has 0 aliphatic heterocycles. The lowest BCUT2D eigenvalue weighted by atomic mass is 10.1. The standard InChI is InChI=1S/C16H17ClN2O2/c1-10(11-5-3-6-12(17)9-11)19(2)16(21)13-7-4-8-14(18)15(13)20/h3-10,20H,18H2,1-2H3. The topological polar surface area (TPSA) is 66.6 Å². The molecule has 0 heterocycles. The van der Waals surface area contributed by atoms with Gasteiger partial charge in [-0.2, -0.15) is 0 Å². The maximum Gasteiger partial charge on any atom is 0.257 e. The lowest BCUT2D eigenvalue weighted by Gasteiger charge is -2.26. The minimum absolute atomic E-state index is 0.183. The summed E-state index contributed by atoms with van der Waals surface area (Å²) in [5.41, 5.74) is 6.92. The van der Waals surface area contributed by atoms with Gasteiger partial charge in [0.2, 0.25) is 0 Å². The van der Waals surface area contributed by atoms with Crippen LogP contribution in [0.2, 0.25) is 5.02 Å². The molecule has 2 aromatic rings. The van der Waals surface area contributed by atoms with Crippen molar-refractivity contribution in [3.8, 4) is 5.75 Å². The van der Waals surface area contributed by atoms with Crippen LogP contribution in [0.15, 0.2) is 42.5 Å². The first kappa shape index (κ1) is 15.2. The highest BCUT2D eigenvalue weighted by atomic mass is 35.5. The van der Waals surface area contributed by atoms with Crippen molar-refractivity contribution in [2.75, 3.05) is 12.8 Å². The molecule has 21 heavy (non-hydrogen) atoms. The van der Waals surface area contributed by atoms with Crippen molar-refractivity contribution in [2.24, 2.45) is 0 Å². The van der Waals surface area contributed by atoms with Crippen molar-refractivity contribution in [1.82, 2.24) is 4.90 Å². The first-order valence-electron chi connectivity index (χ1n) is 6.52. The van der Waals surface area contributed by atoms with Crippen molar-refractivity contribution in [3.05, 3.63) is 58.6 Å². The Labute approximate surface area is 128 Å². The summed E-state index contributed by atoms with van der Waals surface area (Å²) in [6.07, 6.45) is 0. The Kier molecular flexibility index (Phi) is 4.38. The first-order valence-corrected chi connectivity index (χ1v) is 6.89. The Hall–Kier alpha value is -2.20. The van der Waals surface area contributed by atoms with Gasteiger partial charge in [0.15, 0.2) is 5.75 Å². The molecule has 0 fully saturated rings. The summed E-state index contributed by atoms with van der Waals surface area (Å²) in [6.45, 7) is 1.90. The van der Waals surface area contributed by atoms with E-state index in [1.165, 1.54) is 0 Å². The molecule has 1 amide bonds. The van der Waals surface area contributed by atoms with Crippen LogP contribution in [0, 0.1) is 0 Å². The van der Waals surface area contributed by atoms with E-state index in [4.69, 9.17) is 17.3 Å². The minimum atomic E-state index is -0.299. The van der Waals surface area contributed by atoms with Gasteiger partial charge in [0, 0.05) is 12.1 Å². The number of carbonyl (C=O) groups excluding carboxylic acids is 1. The Morgan fingerprint density at radius 1 is 1.29 bits per heavy atom. The number of nitrogens with two attached hydrogens (primary N) is 1. The number of para-hydroxylation sites is 1. The number of nitrogens with zero attached hydrogens (tertiary/aromatic N) is 1. The highest BCUT2D eigenvalue weighted by Gasteiger charge is 2.22. The van der Waals surface area contributed by atoms with Crippen molar-refractivity contribution in [1.29, 1.82) is 0 Å². The number of hydrogen-bond donors (Lipinski definition) is 2. The molecular weight excluding hydrogens is 288 g/mol. The average molecular weight is 305 g/mol. The van der Waals surface area contributed by atoms with Crippen LogP contribution in [0.25, 0.3) is 0 Å². The van der Waals surface area contributed by atoms with E-state index < -0.39 is 0 Å². The third-order valence-electron chi connectivity index (χ3n) is 3.53. The summed E-state index contributed by atoms with van der Waals surface area (Å²) in [7, 11) is 1.68. The number of halogens is 1. The van der Waals surface area contributed by atoms with Crippen LogP contribution in [0.3, 0.4) is 0 Å². The van der Waals surface area contributed by atoms with Crippen molar-refractivity contribution >= 4 is 23.2 Å². The molecule has 0 aromatic heterocycles. The molecule has 0 saturated carbocycles. The lowest BCUT2D eigenvalue weighted by Crippen LogP contribution is -2.29. The smallest absolute Gasteiger partial charge is 0.257 e. The Balaban J connectivity index is 2.29. The molecule has 0 aliphatic rings. The van der Waals surface area contributed by atoms with Gasteiger partial charge in [-0.1, -0.05) is 29.8 Å². The van der Waals surface area contributed by atoms with Crippen LogP contribution >= 0.6 is 11.6 Å². The summed E-state index contributed by atoms with van der Waals surface area (Å²) < 4.78 is 0. The summed E-state index contributed by atoms with van der Waals surface area (Å²) in [5.74, 6) is -0.486. The van der Waals surface area contributed by atoms with Crippen LogP contribution in [0.5, 0.6) is 5.75 Å². The first-order chi connectivity index (χ1) is 9.91. The van der Waals surface area contributed by atoms with Crippen LogP contribution in [0.4, 0.5) is 5.69 Å². The largest absolute Gasteiger partial charge is 0.505 e. The normalized spacial score (nSPS) is 12.0. The predicted molar refractivity (Wildman–Crippen MR) is 84.5 cm³/mol. The number of nitrogen functional groups attached to an aromatic ring is 1. The third kappa shape index (κ3) is 3.11. The van der Waals surface area contributed by atoms with E-state index in [0.29, 0.717) is 5.02 Å². The van der Waals surface area contributed by atoms with Crippen LogP contribution < -0.4 is 5.73 Å². The minimum Gasteiger partial charge on any atom is -0.505 e. The van der Waals surface area contributed by atoms with Crippen LogP contribution in [-0.4, -0.2) is 23.0 Å². The highest BCUT2D eigenvalue weighted by molar-refractivity contribution is 6.30. The van der Waals surface area contributed by atoms with Gasteiger partial charge in [-0.3, -0.25) is 4.79 Å². The molecule has 0 saturated heterocycles. The summed E-state index contributed by atoms with van der Waals surface area (Å²) >= 11 is 5.98. The van der Waals surface area contributed by atoms with Gasteiger partial charge < -0.3 is 15.7 Å². The van der Waals surface area contributed by atoms with Gasteiger partial charge >= 0.3 is 0 Å². The van der Waals surface area contributed by atoms with Crippen molar-refractivity contribution < 1.29 is 9.90 Å². The zero-order valence-corrected chi connectivity index (χ0v) is 12.6. The highest BCUT2D eigenvalue weighted by Crippen LogP contribution is 2.28. The van der Waals surface area contributed by atoms with Gasteiger partial charge in [-0.15, -0.1) is 0 Å².